The van der Waals surface area contributed by atoms with E-state index in [1.54, 1.807) is 16.3 Å². The van der Waals surface area contributed by atoms with Gasteiger partial charge in [-0.1, -0.05) is 0 Å². The predicted molar refractivity (Wildman–Crippen MR) is 136 cm³/mol. The third-order valence-electron chi connectivity index (χ3n) is 7.40. The largest absolute Gasteiger partial charge is 0.444 e. The van der Waals surface area contributed by atoms with Crippen molar-refractivity contribution in [2.45, 2.75) is 96.2 Å². The van der Waals surface area contributed by atoms with Gasteiger partial charge in [0.1, 0.15) is 15.6 Å². The number of carbonyl (C=O) groups is 1. The van der Waals surface area contributed by atoms with Gasteiger partial charge in [-0.2, -0.15) is 10.1 Å². The van der Waals surface area contributed by atoms with Gasteiger partial charge in [0.25, 0.3) is 5.56 Å². The molecule has 192 valence electrons. The zero-order chi connectivity index (χ0) is 25.1. The molecule has 1 unspecified atom stereocenters. The topological polar surface area (TPSA) is 94.7 Å². The number of halogens is 1. The molecule has 0 aliphatic carbocycles. The van der Waals surface area contributed by atoms with Gasteiger partial charge in [0, 0.05) is 26.2 Å². The summed E-state index contributed by atoms with van der Waals surface area (Å²) in [5.41, 5.74) is -0.142. The predicted octanol–water partition coefficient (Wildman–Crippen LogP) is 3.96. The third-order valence-corrected chi connectivity index (χ3v) is 7.95. The van der Waals surface area contributed by atoms with E-state index in [0.717, 1.165) is 38.5 Å². The summed E-state index contributed by atoms with van der Waals surface area (Å²) in [4.78, 5) is 35.6. The van der Waals surface area contributed by atoms with Crippen molar-refractivity contribution in [3.8, 4) is 0 Å². The van der Waals surface area contributed by atoms with Gasteiger partial charge in [-0.15, -0.1) is 0 Å². The van der Waals surface area contributed by atoms with Crippen LogP contribution in [0.25, 0.3) is 11.0 Å². The molecule has 2 aromatic heterocycles. The average molecular weight is 551 g/mol. The van der Waals surface area contributed by atoms with Crippen LogP contribution in [-0.4, -0.2) is 67.2 Å². The Kier molecular flexibility index (Phi) is 6.36. The van der Waals surface area contributed by atoms with Crippen molar-refractivity contribution in [3.63, 3.8) is 0 Å². The third kappa shape index (κ3) is 4.24. The highest BCUT2D eigenvalue weighted by molar-refractivity contribution is 9.10. The van der Waals surface area contributed by atoms with Gasteiger partial charge >= 0.3 is 6.09 Å². The van der Waals surface area contributed by atoms with Crippen molar-refractivity contribution in [3.05, 3.63) is 15.0 Å². The molecule has 1 amide bonds. The van der Waals surface area contributed by atoms with Crippen LogP contribution in [0.1, 0.15) is 72.4 Å². The van der Waals surface area contributed by atoms with Crippen molar-refractivity contribution in [1.82, 2.24) is 24.2 Å². The molecule has 0 N–H and O–H groups in total. The van der Waals surface area contributed by atoms with Crippen molar-refractivity contribution >= 4 is 39.0 Å². The van der Waals surface area contributed by atoms with Gasteiger partial charge < -0.3 is 19.3 Å². The maximum Gasteiger partial charge on any atom is 0.410 e. The van der Waals surface area contributed by atoms with Crippen LogP contribution in [0.2, 0.25) is 0 Å². The van der Waals surface area contributed by atoms with Crippen molar-refractivity contribution in [1.29, 1.82) is 0 Å². The number of nitrogens with zero attached hydrogens (tertiary/aromatic N) is 6. The molecule has 2 bridgehead atoms. The lowest BCUT2D eigenvalue weighted by Crippen LogP contribution is -2.49. The fourth-order valence-corrected chi connectivity index (χ4v) is 6.41. The van der Waals surface area contributed by atoms with E-state index >= 15 is 0 Å². The molecule has 3 fully saturated rings. The first-order chi connectivity index (χ1) is 16.6. The van der Waals surface area contributed by atoms with Crippen LogP contribution in [0.3, 0.4) is 0 Å². The summed E-state index contributed by atoms with van der Waals surface area (Å²) in [7, 11) is 1.77. The molecule has 5 heterocycles. The lowest BCUT2D eigenvalue weighted by atomic mass is 9.94. The molecule has 0 radical (unpaired) electrons. The highest BCUT2D eigenvalue weighted by Gasteiger charge is 2.51. The highest BCUT2D eigenvalue weighted by atomic mass is 79.9. The Labute approximate surface area is 213 Å². The van der Waals surface area contributed by atoms with Gasteiger partial charge in [-0.05, 0) is 82.1 Å². The van der Waals surface area contributed by atoms with E-state index in [4.69, 9.17) is 14.5 Å². The smallest absolute Gasteiger partial charge is 0.410 e. The minimum absolute atomic E-state index is 0.0134. The van der Waals surface area contributed by atoms with E-state index < -0.39 is 5.60 Å². The zero-order valence-corrected chi connectivity index (χ0v) is 22.7. The normalized spacial score (nSPS) is 26.5. The number of carbonyl (C=O) groups excluding carboxylic acids is 1. The Morgan fingerprint density at radius 1 is 1.26 bits per heavy atom. The first kappa shape index (κ1) is 24.5. The lowest BCUT2D eigenvalue weighted by molar-refractivity contribution is -0.0371. The van der Waals surface area contributed by atoms with E-state index in [1.807, 2.05) is 32.6 Å². The van der Waals surface area contributed by atoms with Crippen molar-refractivity contribution < 1.29 is 14.3 Å². The van der Waals surface area contributed by atoms with Crippen LogP contribution in [-0.2, 0) is 16.5 Å². The Hall–Kier alpha value is -2.14. The Morgan fingerprint density at radius 3 is 2.69 bits per heavy atom. The van der Waals surface area contributed by atoms with E-state index in [0.29, 0.717) is 34.7 Å². The monoisotopic (exact) mass is 550 g/mol. The summed E-state index contributed by atoms with van der Waals surface area (Å²) in [5.74, 6) is 0.627. The number of hydrogen-bond donors (Lipinski definition) is 0. The number of amides is 1. The fourth-order valence-electron chi connectivity index (χ4n) is 5.89. The second-order valence-electron chi connectivity index (χ2n) is 10.8. The second kappa shape index (κ2) is 9.06. The first-order valence-electron chi connectivity index (χ1n) is 12.6. The number of likely N-dealkylation sites (N-methyl/N-ethyl adjacent to an activating group) is 1. The Bertz CT molecular complexity index is 1180. The van der Waals surface area contributed by atoms with Crippen LogP contribution in [0.15, 0.2) is 9.40 Å². The SMILES string of the molecule is CCN(C(=O)OC(C)(C)C)[C@@H]1C[C@@H]2CC[C@H]1N2c1nc2c(c(Br)nn2C2CCCCO2)c(=O)n1C. The number of aromatic nitrogens is 4. The van der Waals surface area contributed by atoms with Gasteiger partial charge in [0.05, 0.1) is 12.1 Å². The van der Waals surface area contributed by atoms with Crippen LogP contribution in [0.4, 0.5) is 10.7 Å². The molecular weight excluding hydrogens is 516 g/mol. The number of fused-ring (bicyclic) bond motifs is 3. The minimum atomic E-state index is -0.550. The van der Waals surface area contributed by atoms with Gasteiger partial charge in [-0.25, -0.2) is 9.48 Å². The summed E-state index contributed by atoms with van der Waals surface area (Å²) in [5, 5.41) is 5.06. The molecular formula is C24H35BrN6O4. The van der Waals surface area contributed by atoms with E-state index in [1.165, 1.54) is 0 Å². The van der Waals surface area contributed by atoms with Gasteiger partial charge in [0.2, 0.25) is 5.95 Å². The maximum absolute atomic E-state index is 13.5. The molecule has 3 aliphatic heterocycles. The Balaban J connectivity index is 1.52. The first-order valence-corrected chi connectivity index (χ1v) is 13.4. The molecule has 2 aromatic rings. The molecule has 0 aromatic carbocycles. The molecule has 10 nitrogen and oxygen atoms in total. The standard InChI is InChI=1S/C24H35BrN6O4/c1-6-29(23(33)35-24(2,3)4)16-13-14-10-11-15(16)30(14)22-26-20-18(21(32)28(22)5)19(25)27-31(20)17-9-7-8-12-34-17/h14-17H,6-13H2,1-5H3/t14-,15+,16+,17?/m0/s1. The lowest BCUT2D eigenvalue weighted by Gasteiger charge is -2.35. The van der Waals surface area contributed by atoms with Crippen molar-refractivity contribution in [2.75, 3.05) is 18.1 Å². The zero-order valence-electron chi connectivity index (χ0n) is 21.2. The van der Waals surface area contributed by atoms with Crippen LogP contribution >= 0.6 is 15.9 Å². The number of ether oxygens (including phenoxy) is 2. The summed E-state index contributed by atoms with van der Waals surface area (Å²) in [6, 6.07) is 0.302. The van der Waals surface area contributed by atoms with Gasteiger partial charge in [-0.3, -0.25) is 9.36 Å². The molecule has 4 atom stereocenters. The highest BCUT2D eigenvalue weighted by Crippen LogP contribution is 2.43. The summed E-state index contributed by atoms with van der Waals surface area (Å²) in [6.07, 6.45) is 5.20. The molecule has 0 saturated carbocycles. The van der Waals surface area contributed by atoms with E-state index in [9.17, 15) is 9.59 Å². The number of anilines is 1. The molecule has 0 spiro atoms. The molecule has 11 heteroatoms. The second-order valence-corrected chi connectivity index (χ2v) is 11.6. The summed E-state index contributed by atoms with van der Waals surface area (Å²) < 4.78 is 15.5. The number of rotatable bonds is 4. The fraction of sp³-hybridized carbons (Fsp3) is 0.750. The summed E-state index contributed by atoms with van der Waals surface area (Å²) in [6.45, 7) is 8.90. The molecule has 3 saturated heterocycles. The Morgan fingerprint density at radius 2 is 2.03 bits per heavy atom. The quantitative estimate of drug-likeness (QED) is 0.568. The molecule has 5 rings (SSSR count). The van der Waals surface area contributed by atoms with E-state index in [2.05, 4.69) is 25.9 Å². The van der Waals surface area contributed by atoms with Gasteiger partial charge in [0.15, 0.2) is 11.9 Å². The van der Waals surface area contributed by atoms with Crippen molar-refractivity contribution in [2.24, 2.45) is 7.05 Å². The number of hydrogen-bond acceptors (Lipinski definition) is 7. The van der Waals surface area contributed by atoms with Crippen LogP contribution in [0, 0.1) is 0 Å². The maximum atomic E-state index is 13.5. The summed E-state index contributed by atoms with van der Waals surface area (Å²) >= 11 is 3.48. The van der Waals surface area contributed by atoms with Crippen LogP contribution < -0.4 is 10.5 Å². The van der Waals surface area contributed by atoms with E-state index in [-0.39, 0.29) is 36.0 Å². The minimum Gasteiger partial charge on any atom is -0.444 e. The molecule has 35 heavy (non-hydrogen) atoms. The average Bonchev–Trinajstić information content (AvgIpc) is 3.47. The molecule has 3 aliphatic rings. The van der Waals surface area contributed by atoms with Crippen LogP contribution in [0.5, 0.6) is 0 Å².